The third-order valence-corrected chi connectivity index (χ3v) is 7.93. The molecule has 0 atom stereocenters. The molecule has 0 unspecified atom stereocenters. The van der Waals surface area contributed by atoms with E-state index in [1.54, 1.807) is 19.2 Å². The van der Waals surface area contributed by atoms with Gasteiger partial charge >= 0.3 is 0 Å². The molecule has 1 saturated heterocycles. The van der Waals surface area contributed by atoms with Crippen LogP contribution in [0.5, 0.6) is 5.75 Å². The molecule has 2 aromatic carbocycles. The van der Waals surface area contributed by atoms with E-state index in [-0.39, 0.29) is 23.1 Å². The number of rotatable bonds is 6. The van der Waals surface area contributed by atoms with Crippen molar-refractivity contribution in [2.75, 3.05) is 32.6 Å². The summed E-state index contributed by atoms with van der Waals surface area (Å²) in [5, 5.41) is 10.4. The van der Waals surface area contributed by atoms with Crippen LogP contribution in [0.15, 0.2) is 47.7 Å². The molecule has 11 heteroatoms. The number of amides is 1. The Hall–Kier alpha value is -4.21. The van der Waals surface area contributed by atoms with Crippen molar-refractivity contribution >= 4 is 17.5 Å². The maximum Gasteiger partial charge on any atom is 0.252 e. The van der Waals surface area contributed by atoms with Crippen LogP contribution in [0, 0.1) is 5.82 Å². The van der Waals surface area contributed by atoms with Gasteiger partial charge in [0.15, 0.2) is 5.82 Å². The molecule has 6 rings (SSSR count). The van der Waals surface area contributed by atoms with Gasteiger partial charge < -0.3 is 20.3 Å². The summed E-state index contributed by atoms with van der Waals surface area (Å²) in [4.78, 5) is 26.5. The molecule has 1 aromatic heterocycles. The lowest BCUT2D eigenvalue weighted by Gasteiger charge is -2.37. The highest BCUT2D eigenvalue weighted by molar-refractivity contribution is 6.01. The summed E-state index contributed by atoms with van der Waals surface area (Å²) < 4.78 is 20.4. The van der Waals surface area contributed by atoms with Crippen molar-refractivity contribution in [1.29, 1.82) is 0 Å². The predicted molar refractivity (Wildman–Crippen MR) is 140 cm³/mol. The number of fused-ring (bicyclic) bond motifs is 2. The lowest BCUT2D eigenvalue weighted by Crippen LogP contribution is -2.39. The molecule has 3 aliphatic rings. The Morgan fingerprint density at radius 2 is 1.97 bits per heavy atom. The van der Waals surface area contributed by atoms with Gasteiger partial charge in [0.05, 0.1) is 30.1 Å². The number of aromatic nitrogens is 2. The van der Waals surface area contributed by atoms with E-state index in [0.717, 1.165) is 43.3 Å². The van der Waals surface area contributed by atoms with Gasteiger partial charge in [-0.1, -0.05) is 23.3 Å². The molecule has 1 spiro atoms. The summed E-state index contributed by atoms with van der Waals surface area (Å²) in [6, 6.07) is 11.0. The smallest absolute Gasteiger partial charge is 0.252 e. The number of anilines is 2. The number of likely N-dealkylation sites (tertiary alicyclic amines) is 1. The van der Waals surface area contributed by atoms with Gasteiger partial charge in [-0.25, -0.2) is 14.4 Å². The maximum absolute atomic E-state index is 14.9. The number of benzene rings is 2. The zero-order chi connectivity index (χ0) is 26.5. The summed E-state index contributed by atoms with van der Waals surface area (Å²) >= 11 is 0. The van der Waals surface area contributed by atoms with Gasteiger partial charge in [0.2, 0.25) is 5.95 Å². The Labute approximate surface area is 218 Å². The number of carbonyl (C=O) groups is 1. The van der Waals surface area contributed by atoms with Crippen LogP contribution in [-0.4, -0.2) is 48.0 Å². The molecular formula is C27H27FN8O2. The van der Waals surface area contributed by atoms with Crippen LogP contribution < -0.4 is 15.4 Å². The van der Waals surface area contributed by atoms with Crippen molar-refractivity contribution in [3.63, 3.8) is 0 Å². The number of nitrogens with zero attached hydrogens (tertiary/aromatic N) is 6. The van der Waals surface area contributed by atoms with E-state index in [4.69, 9.17) is 4.74 Å². The second-order valence-electron chi connectivity index (χ2n) is 10.3. The second kappa shape index (κ2) is 8.97. The molecule has 1 amide bonds. The van der Waals surface area contributed by atoms with E-state index in [1.165, 1.54) is 0 Å². The Bertz CT molecular complexity index is 1490. The molecule has 1 saturated carbocycles. The van der Waals surface area contributed by atoms with Crippen LogP contribution in [-0.2, 0) is 11.1 Å². The van der Waals surface area contributed by atoms with Gasteiger partial charge in [-0.2, -0.15) is 0 Å². The summed E-state index contributed by atoms with van der Waals surface area (Å²) in [6.45, 7) is 1.61. The number of hydrogen-bond donors (Lipinski definition) is 2. The molecule has 3 aromatic rings. The van der Waals surface area contributed by atoms with Crippen molar-refractivity contribution in [2.24, 2.45) is 5.11 Å². The first-order valence-corrected chi connectivity index (χ1v) is 12.6. The number of methoxy groups -OCH3 is 1. The molecule has 2 aliphatic heterocycles. The third kappa shape index (κ3) is 4.00. The van der Waals surface area contributed by atoms with Crippen LogP contribution in [0.1, 0.15) is 47.2 Å². The van der Waals surface area contributed by atoms with Crippen molar-refractivity contribution in [3.8, 4) is 17.0 Å². The summed E-state index contributed by atoms with van der Waals surface area (Å²) in [7, 11) is 3.60. The van der Waals surface area contributed by atoms with Gasteiger partial charge in [0, 0.05) is 16.0 Å². The molecule has 2 N–H and O–H groups in total. The fourth-order valence-corrected chi connectivity index (χ4v) is 5.53. The van der Waals surface area contributed by atoms with Crippen molar-refractivity contribution in [2.45, 2.75) is 36.8 Å². The first kappa shape index (κ1) is 24.1. The zero-order valence-electron chi connectivity index (χ0n) is 21.2. The highest BCUT2D eigenvalue weighted by Gasteiger charge is 2.52. The first-order valence-electron chi connectivity index (χ1n) is 12.6. The fraction of sp³-hybridized carbons (Fsp3) is 0.370. The van der Waals surface area contributed by atoms with Gasteiger partial charge in [-0.3, -0.25) is 4.79 Å². The standard InChI is InChI=1S/C27H27FN8O2/c1-36-11-9-26(10-12-36,34-35-29)17-4-6-22(38-2)21(14-17)31-25-30-15-20(28)23(32-25)16-3-5-19-18(13-16)24(37)33-27(19)7-8-27/h3-6,13-15H,7-12H2,1-2H3,(H,33,37)(H,30,31,32). The third-order valence-electron chi connectivity index (χ3n) is 7.93. The number of nitrogens with one attached hydrogen (secondary N) is 2. The molecule has 1 aliphatic carbocycles. The summed E-state index contributed by atoms with van der Waals surface area (Å²) in [5.74, 6) is -0.0289. The quantitative estimate of drug-likeness (QED) is 0.271. The van der Waals surface area contributed by atoms with E-state index >= 15 is 0 Å². The molecule has 0 bridgehead atoms. The lowest BCUT2D eigenvalue weighted by molar-refractivity contribution is 0.0952. The minimum Gasteiger partial charge on any atom is -0.495 e. The van der Waals surface area contributed by atoms with Crippen LogP contribution in [0.3, 0.4) is 0 Å². The van der Waals surface area contributed by atoms with Gasteiger partial charge in [-0.05, 0) is 80.7 Å². The van der Waals surface area contributed by atoms with E-state index in [0.29, 0.717) is 35.4 Å². The van der Waals surface area contributed by atoms with Crippen molar-refractivity contribution < 1.29 is 13.9 Å². The number of piperidine rings is 1. The van der Waals surface area contributed by atoms with Crippen LogP contribution in [0.2, 0.25) is 0 Å². The van der Waals surface area contributed by atoms with E-state index in [1.807, 2.05) is 31.3 Å². The van der Waals surface area contributed by atoms with E-state index in [9.17, 15) is 14.7 Å². The molecule has 3 heterocycles. The number of hydrogen-bond acceptors (Lipinski definition) is 7. The summed E-state index contributed by atoms with van der Waals surface area (Å²) in [6.07, 6.45) is 4.31. The molecule has 0 radical (unpaired) electrons. The average Bonchev–Trinajstić information content (AvgIpc) is 3.65. The minimum absolute atomic E-state index is 0.0887. The van der Waals surface area contributed by atoms with Crippen molar-refractivity contribution in [3.05, 3.63) is 75.5 Å². The van der Waals surface area contributed by atoms with Crippen LogP contribution >= 0.6 is 0 Å². The van der Waals surface area contributed by atoms with E-state index < -0.39 is 11.4 Å². The number of halogens is 1. The Kier molecular flexibility index (Phi) is 5.70. The maximum atomic E-state index is 14.9. The van der Waals surface area contributed by atoms with Gasteiger partial charge in [0.25, 0.3) is 5.91 Å². The molecule has 10 nitrogen and oxygen atoms in total. The van der Waals surface area contributed by atoms with Gasteiger partial charge in [-0.15, -0.1) is 0 Å². The molecular weight excluding hydrogens is 487 g/mol. The SMILES string of the molecule is COc1ccc(C2(N=[N+]=[N-])CCN(C)CC2)cc1Nc1ncc(F)c(-c2ccc3c(c2)C(=O)NC32CC2)n1. The topological polar surface area (TPSA) is 128 Å². The first-order chi connectivity index (χ1) is 18.4. The van der Waals surface area contributed by atoms with Crippen LogP contribution in [0.25, 0.3) is 21.7 Å². The highest BCUT2D eigenvalue weighted by atomic mass is 19.1. The Morgan fingerprint density at radius 1 is 1.18 bits per heavy atom. The number of carbonyl (C=O) groups excluding carboxylic acids is 1. The monoisotopic (exact) mass is 514 g/mol. The number of ether oxygens (including phenoxy) is 1. The Morgan fingerprint density at radius 3 is 2.68 bits per heavy atom. The molecule has 38 heavy (non-hydrogen) atoms. The fourth-order valence-electron chi connectivity index (χ4n) is 5.53. The molecule has 194 valence electrons. The van der Waals surface area contributed by atoms with E-state index in [2.05, 4.69) is 35.5 Å². The normalized spacial score (nSPS) is 18.9. The number of azide groups is 1. The lowest BCUT2D eigenvalue weighted by atomic mass is 9.81. The Balaban J connectivity index is 1.34. The summed E-state index contributed by atoms with van der Waals surface area (Å²) in [5.41, 5.74) is 11.9. The van der Waals surface area contributed by atoms with Gasteiger partial charge in [0.1, 0.15) is 11.4 Å². The molecule has 2 fully saturated rings. The predicted octanol–water partition coefficient (Wildman–Crippen LogP) is 5.00. The van der Waals surface area contributed by atoms with Crippen molar-refractivity contribution in [1.82, 2.24) is 20.2 Å². The highest BCUT2D eigenvalue weighted by Crippen LogP contribution is 2.50. The van der Waals surface area contributed by atoms with Crippen LogP contribution in [0.4, 0.5) is 16.0 Å². The average molecular weight is 515 g/mol. The minimum atomic E-state index is -0.678. The second-order valence-corrected chi connectivity index (χ2v) is 10.3. The zero-order valence-corrected chi connectivity index (χ0v) is 21.2. The largest absolute Gasteiger partial charge is 0.495 e.